The van der Waals surface area contributed by atoms with E-state index in [1.807, 2.05) is 0 Å². The molecule has 3 rings (SSSR count). The Hall–Kier alpha value is -2.52. The van der Waals surface area contributed by atoms with Crippen LogP contribution in [-0.4, -0.2) is 42.1 Å². The summed E-state index contributed by atoms with van der Waals surface area (Å²) >= 11 is 0. The van der Waals surface area contributed by atoms with Gasteiger partial charge in [0.25, 0.3) is 0 Å². The number of benzene rings is 2. The molecule has 26 heavy (non-hydrogen) atoms. The average molecular weight is 381 g/mol. The largest absolute Gasteiger partial charge is 0.492 e. The summed E-state index contributed by atoms with van der Waals surface area (Å²) in [6.07, 6.45) is 0. The number of hydrogen-bond donors (Lipinski definition) is 1. The minimum absolute atomic E-state index is 0.0230. The van der Waals surface area contributed by atoms with Crippen molar-refractivity contribution in [2.45, 2.75) is 6.54 Å². The molecule has 0 amide bonds. The van der Waals surface area contributed by atoms with Gasteiger partial charge >= 0.3 is 0 Å². The molecule has 1 heterocycles. The van der Waals surface area contributed by atoms with Crippen LogP contribution in [0.15, 0.2) is 42.5 Å². The Morgan fingerprint density at radius 2 is 1.81 bits per heavy atom. The van der Waals surface area contributed by atoms with Crippen molar-refractivity contribution < 1.29 is 21.9 Å². The van der Waals surface area contributed by atoms with Crippen molar-refractivity contribution in [3.63, 3.8) is 0 Å². The average Bonchev–Trinajstić information content (AvgIpc) is 2.98. The van der Waals surface area contributed by atoms with Crippen molar-refractivity contribution in [2.24, 2.45) is 0 Å². The topological polar surface area (TPSA) is 75.3 Å². The first-order valence-electron chi connectivity index (χ1n) is 7.80. The molecular weight excluding hydrogens is 364 g/mol. The summed E-state index contributed by atoms with van der Waals surface area (Å²) in [4.78, 5) is 7.15. The number of ether oxygens (including phenoxy) is 1. The number of sulfonamides is 1. The predicted octanol–water partition coefficient (Wildman–Crippen LogP) is 2.68. The Balaban J connectivity index is 1.59. The molecule has 6 nitrogen and oxygen atoms in total. The third-order valence-corrected chi connectivity index (χ3v) is 5.53. The third kappa shape index (κ3) is 4.36. The van der Waals surface area contributed by atoms with E-state index in [-0.39, 0.29) is 18.9 Å². The van der Waals surface area contributed by atoms with Crippen molar-refractivity contribution in [3.05, 3.63) is 59.9 Å². The fraction of sp³-hybridized carbons (Fsp3) is 0.235. The molecule has 138 valence electrons. The highest BCUT2D eigenvalue weighted by molar-refractivity contribution is 7.89. The Morgan fingerprint density at radius 3 is 2.54 bits per heavy atom. The molecular formula is C17H17F2N3O3S. The third-order valence-electron chi connectivity index (χ3n) is 3.76. The van der Waals surface area contributed by atoms with Crippen LogP contribution in [0.2, 0.25) is 0 Å². The van der Waals surface area contributed by atoms with E-state index in [4.69, 9.17) is 4.74 Å². The molecule has 0 fully saturated rings. The number of halogens is 2. The van der Waals surface area contributed by atoms with Crippen LogP contribution < -0.4 is 4.74 Å². The fourth-order valence-corrected chi connectivity index (χ4v) is 3.29. The van der Waals surface area contributed by atoms with Crippen molar-refractivity contribution in [3.8, 4) is 5.75 Å². The quantitative estimate of drug-likeness (QED) is 0.683. The van der Waals surface area contributed by atoms with Crippen LogP contribution in [-0.2, 0) is 16.6 Å². The number of H-pyrrole nitrogens is 1. The fourth-order valence-electron chi connectivity index (χ4n) is 2.37. The Bertz CT molecular complexity index is 1000. The van der Waals surface area contributed by atoms with Gasteiger partial charge in [0.15, 0.2) is 0 Å². The molecule has 0 unspecified atom stereocenters. The van der Waals surface area contributed by atoms with Crippen LogP contribution in [0.25, 0.3) is 11.0 Å². The monoisotopic (exact) mass is 381 g/mol. The first-order chi connectivity index (χ1) is 12.3. The zero-order valence-electron chi connectivity index (χ0n) is 13.9. The summed E-state index contributed by atoms with van der Waals surface area (Å²) < 4.78 is 57.2. The van der Waals surface area contributed by atoms with Gasteiger partial charge in [0, 0.05) is 7.05 Å². The molecule has 0 saturated carbocycles. The van der Waals surface area contributed by atoms with Crippen LogP contribution in [0.1, 0.15) is 5.82 Å². The number of imidazole rings is 1. The normalized spacial score (nSPS) is 12.0. The van der Waals surface area contributed by atoms with Crippen LogP contribution in [0, 0.1) is 11.6 Å². The first-order valence-corrected chi connectivity index (χ1v) is 9.41. The van der Waals surface area contributed by atoms with Gasteiger partial charge in [-0.2, -0.15) is 4.31 Å². The maximum atomic E-state index is 13.2. The van der Waals surface area contributed by atoms with E-state index in [0.29, 0.717) is 22.6 Å². The van der Waals surface area contributed by atoms with Gasteiger partial charge in [-0.3, -0.25) is 0 Å². The second kappa shape index (κ2) is 7.38. The molecule has 0 atom stereocenters. The first kappa shape index (κ1) is 18.3. The van der Waals surface area contributed by atoms with Crippen LogP contribution in [0.4, 0.5) is 8.78 Å². The number of fused-ring (bicyclic) bond motifs is 1. The number of rotatable bonds is 7. The second-order valence-electron chi connectivity index (χ2n) is 5.72. The minimum atomic E-state index is -3.58. The van der Waals surface area contributed by atoms with E-state index in [1.165, 1.54) is 49.5 Å². The lowest BCUT2D eigenvalue weighted by Gasteiger charge is -2.16. The number of aromatic nitrogens is 2. The zero-order valence-corrected chi connectivity index (χ0v) is 14.8. The zero-order chi connectivity index (χ0) is 18.7. The van der Waals surface area contributed by atoms with Crippen LogP contribution >= 0.6 is 0 Å². The second-order valence-corrected chi connectivity index (χ2v) is 7.91. The lowest BCUT2D eigenvalue weighted by Crippen LogP contribution is -2.31. The number of aromatic amines is 1. The van der Waals surface area contributed by atoms with Gasteiger partial charge in [-0.25, -0.2) is 22.2 Å². The van der Waals surface area contributed by atoms with Gasteiger partial charge < -0.3 is 9.72 Å². The number of nitrogens with zero attached hydrogens (tertiary/aromatic N) is 2. The van der Waals surface area contributed by atoms with Gasteiger partial charge in [0.1, 0.15) is 29.8 Å². The van der Waals surface area contributed by atoms with E-state index >= 15 is 0 Å². The molecule has 0 aliphatic heterocycles. The number of hydrogen-bond acceptors (Lipinski definition) is 4. The van der Waals surface area contributed by atoms with Gasteiger partial charge in [0.2, 0.25) is 10.0 Å². The van der Waals surface area contributed by atoms with E-state index in [2.05, 4.69) is 9.97 Å². The smallest absolute Gasteiger partial charge is 0.217 e. The molecule has 0 radical (unpaired) electrons. The summed E-state index contributed by atoms with van der Waals surface area (Å²) in [5.41, 5.74) is 1.07. The summed E-state index contributed by atoms with van der Waals surface area (Å²) in [5.74, 6) is -0.225. The maximum absolute atomic E-state index is 13.2. The Morgan fingerprint density at radius 1 is 1.12 bits per heavy atom. The maximum Gasteiger partial charge on any atom is 0.217 e. The van der Waals surface area contributed by atoms with Gasteiger partial charge in [-0.05, 0) is 42.5 Å². The van der Waals surface area contributed by atoms with E-state index in [0.717, 1.165) is 4.31 Å². The van der Waals surface area contributed by atoms with Crippen molar-refractivity contribution >= 4 is 21.1 Å². The molecule has 0 aliphatic rings. The number of nitrogens with one attached hydrogen (secondary N) is 1. The highest BCUT2D eigenvalue weighted by Crippen LogP contribution is 2.15. The van der Waals surface area contributed by atoms with E-state index < -0.39 is 21.7 Å². The molecule has 1 aromatic heterocycles. The van der Waals surface area contributed by atoms with Gasteiger partial charge in [-0.1, -0.05) is 0 Å². The summed E-state index contributed by atoms with van der Waals surface area (Å²) in [7, 11) is -2.15. The van der Waals surface area contributed by atoms with Crippen LogP contribution in [0.3, 0.4) is 0 Å². The Kier molecular flexibility index (Phi) is 5.19. The molecule has 0 aliphatic carbocycles. The summed E-state index contributed by atoms with van der Waals surface area (Å²) in [5, 5.41) is 0. The lowest BCUT2D eigenvalue weighted by molar-refractivity contribution is 0.335. The van der Waals surface area contributed by atoms with Gasteiger partial charge in [0.05, 0.1) is 23.3 Å². The molecule has 9 heteroatoms. The highest BCUT2D eigenvalue weighted by atomic mass is 32.2. The van der Waals surface area contributed by atoms with Crippen molar-refractivity contribution in [1.29, 1.82) is 0 Å². The molecule has 0 saturated heterocycles. The molecule has 3 aromatic rings. The minimum Gasteiger partial charge on any atom is -0.492 e. The predicted molar refractivity (Wildman–Crippen MR) is 93.2 cm³/mol. The molecule has 1 N–H and O–H groups in total. The molecule has 0 bridgehead atoms. The molecule has 0 spiro atoms. The van der Waals surface area contributed by atoms with Gasteiger partial charge in [-0.15, -0.1) is 0 Å². The lowest BCUT2D eigenvalue weighted by atomic mass is 10.3. The van der Waals surface area contributed by atoms with E-state index in [1.54, 1.807) is 0 Å². The SMILES string of the molecule is CN(Cc1nc2ccc(F)cc2[nH]1)S(=O)(=O)CCOc1ccc(F)cc1. The summed E-state index contributed by atoms with van der Waals surface area (Å²) in [6.45, 7) is -0.0428. The van der Waals surface area contributed by atoms with Crippen LogP contribution in [0.5, 0.6) is 5.75 Å². The molecule has 2 aromatic carbocycles. The Labute approximate surface area is 149 Å². The standard InChI is InChI=1S/C17H17F2N3O3S/c1-22(11-17-20-15-7-4-13(19)10-16(15)21-17)26(23,24)9-8-25-14-5-2-12(18)3-6-14/h2-7,10H,8-9,11H2,1H3,(H,20,21). The van der Waals surface area contributed by atoms with Crippen molar-refractivity contribution in [1.82, 2.24) is 14.3 Å². The highest BCUT2D eigenvalue weighted by Gasteiger charge is 2.19. The van der Waals surface area contributed by atoms with Crippen molar-refractivity contribution in [2.75, 3.05) is 19.4 Å². The van der Waals surface area contributed by atoms with E-state index in [9.17, 15) is 17.2 Å². The summed E-state index contributed by atoms with van der Waals surface area (Å²) in [6, 6.07) is 9.45.